The van der Waals surface area contributed by atoms with Crippen LogP contribution in [-0.2, 0) is 4.79 Å². The van der Waals surface area contributed by atoms with Gasteiger partial charge in [0.1, 0.15) is 5.75 Å². The topological polar surface area (TPSA) is 75.6 Å². The van der Waals surface area contributed by atoms with Crippen LogP contribution >= 0.6 is 0 Å². The van der Waals surface area contributed by atoms with Gasteiger partial charge in [0, 0.05) is 6.92 Å². The molecule has 0 radical (unpaired) electrons. The molecule has 0 saturated heterocycles. The number of halogens is 4. The lowest BCUT2D eigenvalue weighted by Gasteiger charge is -2.19. The number of rotatable bonds is 5. The number of ether oxygens (including phenoxy) is 1. The summed E-state index contributed by atoms with van der Waals surface area (Å²) in [5, 5.41) is 10.8. The first kappa shape index (κ1) is 15.7. The highest BCUT2D eigenvalue weighted by Crippen LogP contribution is 2.33. The number of nitrogens with one attached hydrogen (secondary N) is 1. The van der Waals surface area contributed by atoms with E-state index in [2.05, 4.69) is 4.74 Å². The first-order valence-electron chi connectivity index (χ1n) is 5.13. The van der Waals surface area contributed by atoms with Gasteiger partial charge < -0.3 is 15.2 Å². The molecule has 0 bridgehead atoms. The van der Waals surface area contributed by atoms with Crippen molar-refractivity contribution in [1.82, 2.24) is 0 Å². The Kier molecular flexibility index (Phi) is 4.53. The lowest BCUT2D eigenvalue weighted by molar-refractivity contribution is -0.252. The van der Waals surface area contributed by atoms with E-state index < -0.39 is 35.8 Å². The highest BCUT2D eigenvalue weighted by molar-refractivity contribution is 5.94. The van der Waals surface area contributed by atoms with Gasteiger partial charge in [0.15, 0.2) is 0 Å². The van der Waals surface area contributed by atoms with E-state index >= 15 is 0 Å². The fraction of sp³-hybridized carbons (Fsp3) is 0.273. The number of hydrogen-bond acceptors (Lipinski definition) is 3. The standard InChI is InChI=1S/C11H9F4NO4/c1-5(17)16-7-4-6(9(18)19)2-3-8(7)20-11(14,15)10(12)13/h2-4,10H,1H3,(H,16,17)(H,18,19). The predicted molar refractivity (Wildman–Crippen MR) is 59.3 cm³/mol. The van der Waals surface area contributed by atoms with Crippen LogP contribution in [0.5, 0.6) is 5.75 Å². The minimum atomic E-state index is -4.77. The predicted octanol–water partition coefficient (Wildman–Crippen LogP) is 2.58. The van der Waals surface area contributed by atoms with E-state index in [-0.39, 0.29) is 5.56 Å². The fourth-order valence-corrected chi connectivity index (χ4v) is 1.23. The Labute approximate surface area is 110 Å². The van der Waals surface area contributed by atoms with Crippen molar-refractivity contribution < 1.29 is 37.0 Å². The molecule has 9 heteroatoms. The Hall–Kier alpha value is -2.32. The highest BCUT2D eigenvalue weighted by atomic mass is 19.3. The molecule has 1 aromatic carbocycles. The maximum absolute atomic E-state index is 12.8. The summed E-state index contributed by atoms with van der Waals surface area (Å²) in [4.78, 5) is 21.6. The van der Waals surface area contributed by atoms with Crippen LogP contribution in [-0.4, -0.2) is 29.5 Å². The zero-order chi connectivity index (χ0) is 15.5. The third kappa shape index (κ3) is 3.84. The smallest absolute Gasteiger partial charge is 0.461 e. The zero-order valence-corrected chi connectivity index (χ0v) is 9.99. The van der Waals surface area contributed by atoms with E-state index in [0.29, 0.717) is 0 Å². The van der Waals surface area contributed by atoms with Crippen LogP contribution in [0.3, 0.4) is 0 Å². The van der Waals surface area contributed by atoms with Crippen LogP contribution in [0.25, 0.3) is 0 Å². The third-order valence-electron chi connectivity index (χ3n) is 2.04. The molecule has 2 N–H and O–H groups in total. The van der Waals surface area contributed by atoms with Crippen molar-refractivity contribution in [3.63, 3.8) is 0 Å². The van der Waals surface area contributed by atoms with Gasteiger partial charge in [-0.3, -0.25) is 4.79 Å². The molecular formula is C11H9F4NO4. The summed E-state index contributed by atoms with van der Waals surface area (Å²) in [5.74, 6) is -2.86. The van der Waals surface area contributed by atoms with Crippen molar-refractivity contribution in [2.45, 2.75) is 19.5 Å². The van der Waals surface area contributed by atoms with Crippen molar-refractivity contribution in [2.24, 2.45) is 0 Å². The first-order chi connectivity index (χ1) is 9.13. The molecule has 110 valence electrons. The molecule has 0 aliphatic rings. The molecule has 0 spiro atoms. The monoisotopic (exact) mass is 295 g/mol. The van der Waals surface area contributed by atoms with E-state index in [0.717, 1.165) is 25.1 Å². The largest absolute Gasteiger partial charge is 0.478 e. The second-order valence-corrected chi connectivity index (χ2v) is 3.66. The minimum absolute atomic E-state index is 0.332. The SMILES string of the molecule is CC(=O)Nc1cc(C(=O)O)ccc1OC(F)(F)C(F)F. The summed E-state index contributed by atoms with van der Waals surface area (Å²) in [6.07, 6.45) is -8.84. The molecule has 20 heavy (non-hydrogen) atoms. The van der Waals surface area contributed by atoms with Gasteiger partial charge in [-0.1, -0.05) is 0 Å². The Morgan fingerprint density at radius 1 is 1.35 bits per heavy atom. The lowest BCUT2D eigenvalue weighted by Crippen LogP contribution is -2.33. The second kappa shape index (κ2) is 5.76. The van der Waals surface area contributed by atoms with Crippen LogP contribution in [0.4, 0.5) is 23.2 Å². The molecule has 1 aromatic rings. The van der Waals surface area contributed by atoms with Crippen LogP contribution < -0.4 is 10.1 Å². The molecule has 1 rings (SSSR count). The van der Waals surface area contributed by atoms with Gasteiger partial charge in [-0.15, -0.1) is 0 Å². The van der Waals surface area contributed by atoms with Gasteiger partial charge in [-0.25, -0.2) is 4.79 Å². The molecule has 1 amide bonds. The Bertz CT molecular complexity index is 533. The van der Waals surface area contributed by atoms with E-state index in [1.54, 1.807) is 0 Å². The zero-order valence-electron chi connectivity index (χ0n) is 9.99. The number of carbonyl (C=O) groups is 2. The quantitative estimate of drug-likeness (QED) is 0.819. The summed E-state index contributed by atoms with van der Waals surface area (Å²) >= 11 is 0. The molecule has 0 fully saturated rings. The molecule has 0 saturated carbocycles. The van der Waals surface area contributed by atoms with Gasteiger partial charge in [-0.2, -0.15) is 17.6 Å². The summed E-state index contributed by atoms with van der Waals surface area (Å²) in [6, 6.07) is 2.45. The number of benzene rings is 1. The van der Waals surface area contributed by atoms with Crippen molar-refractivity contribution in [2.75, 3.05) is 5.32 Å². The average molecular weight is 295 g/mol. The number of anilines is 1. The summed E-state index contributed by atoms with van der Waals surface area (Å²) < 4.78 is 53.5. The number of carbonyl (C=O) groups excluding carboxylic acids is 1. The molecule has 0 unspecified atom stereocenters. The number of alkyl halides is 4. The van der Waals surface area contributed by atoms with Crippen molar-refractivity contribution >= 4 is 17.6 Å². The molecule has 0 atom stereocenters. The van der Waals surface area contributed by atoms with Gasteiger partial charge in [0.05, 0.1) is 11.3 Å². The lowest BCUT2D eigenvalue weighted by atomic mass is 10.2. The van der Waals surface area contributed by atoms with Gasteiger partial charge >= 0.3 is 18.5 Å². The third-order valence-corrected chi connectivity index (χ3v) is 2.04. The summed E-state index contributed by atoms with van der Waals surface area (Å²) in [6.45, 7) is 1.03. The first-order valence-corrected chi connectivity index (χ1v) is 5.13. The van der Waals surface area contributed by atoms with Crippen molar-refractivity contribution in [1.29, 1.82) is 0 Å². The van der Waals surface area contributed by atoms with Crippen molar-refractivity contribution in [3.8, 4) is 5.75 Å². The summed E-state index contributed by atoms with van der Waals surface area (Å²) in [7, 11) is 0. The Balaban J connectivity index is 3.18. The Morgan fingerprint density at radius 2 is 1.95 bits per heavy atom. The number of aromatic carboxylic acids is 1. The number of carboxylic acid groups (broad SMARTS) is 1. The van der Waals surface area contributed by atoms with E-state index in [4.69, 9.17) is 5.11 Å². The fourth-order valence-electron chi connectivity index (χ4n) is 1.23. The molecule has 0 aliphatic carbocycles. The van der Waals surface area contributed by atoms with E-state index in [1.165, 1.54) is 0 Å². The molecule has 0 aliphatic heterocycles. The number of carboxylic acids is 1. The van der Waals surface area contributed by atoms with Crippen LogP contribution in [0.1, 0.15) is 17.3 Å². The van der Waals surface area contributed by atoms with E-state index in [9.17, 15) is 27.2 Å². The number of hydrogen-bond donors (Lipinski definition) is 2. The summed E-state index contributed by atoms with van der Waals surface area (Å²) in [5.41, 5.74) is -0.779. The van der Waals surface area contributed by atoms with Gasteiger partial charge in [0.25, 0.3) is 0 Å². The van der Waals surface area contributed by atoms with Gasteiger partial charge in [0.2, 0.25) is 5.91 Å². The normalized spacial score (nSPS) is 11.3. The van der Waals surface area contributed by atoms with Crippen LogP contribution in [0.2, 0.25) is 0 Å². The maximum atomic E-state index is 12.8. The average Bonchev–Trinajstić information content (AvgIpc) is 2.29. The Morgan fingerprint density at radius 3 is 2.40 bits per heavy atom. The molecule has 0 aromatic heterocycles. The van der Waals surface area contributed by atoms with Crippen molar-refractivity contribution in [3.05, 3.63) is 23.8 Å². The second-order valence-electron chi connectivity index (χ2n) is 3.66. The molecule has 5 nitrogen and oxygen atoms in total. The molecule has 0 heterocycles. The molecular weight excluding hydrogens is 286 g/mol. The minimum Gasteiger partial charge on any atom is -0.478 e. The number of amides is 1. The van der Waals surface area contributed by atoms with E-state index in [1.807, 2.05) is 5.32 Å². The van der Waals surface area contributed by atoms with Gasteiger partial charge in [-0.05, 0) is 18.2 Å². The highest BCUT2D eigenvalue weighted by Gasteiger charge is 2.44. The van der Waals surface area contributed by atoms with Crippen LogP contribution in [0.15, 0.2) is 18.2 Å². The maximum Gasteiger partial charge on any atom is 0.461 e. The van der Waals surface area contributed by atoms with Crippen LogP contribution in [0, 0.1) is 0 Å².